The van der Waals surface area contributed by atoms with Gasteiger partial charge in [-0.3, -0.25) is 4.79 Å². The number of anilines is 1. The lowest BCUT2D eigenvalue weighted by Gasteiger charge is -2.23. The predicted octanol–water partition coefficient (Wildman–Crippen LogP) is 2.15. The summed E-state index contributed by atoms with van der Waals surface area (Å²) in [5.74, 6) is 1.44. The number of ether oxygens (including phenoxy) is 3. The maximum Gasteiger partial charge on any atom is 0.227 e. The van der Waals surface area contributed by atoms with Crippen LogP contribution >= 0.6 is 12.4 Å². The highest BCUT2D eigenvalue weighted by Crippen LogP contribution is 2.38. The number of carbonyl (C=O) groups is 1. The van der Waals surface area contributed by atoms with Crippen molar-refractivity contribution < 1.29 is 19.0 Å². The van der Waals surface area contributed by atoms with Gasteiger partial charge in [-0.25, -0.2) is 0 Å². The molecule has 134 valence electrons. The van der Waals surface area contributed by atoms with E-state index in [1.54, 1.807) is 0 Å². The van der Waals surface area contributed by atoms with Crippen LogP contribution in [-0.2, 0) is 16.0 Å². The molecule has 7 heteroatoms. The molecule has 2 atom stereocenters. The summed E-state index contributed by atoms with van der Waals surface area (Å²) < 4.78 is 17.0. The van der Waals surface area contributed by atoms with Crippen LogP contribution < -0.4 is 20.1 Å². The monoisotopic (exact) mass is 356 g/mol. The average molecular weight is 357 g/mol. The van der Waals surface area contributed by atoms with E-state index in [9.17, 15) is 4.79 Å². The average Bonchev–Trinajstić information content (AvgIpc) is 2.88. The summed E-state index contributed by atoms with van der Waals surface area (Å²) in [6, 6.07) is 3.83. The first-order valence-corrected chi connectivity index (χ1v) is 8.24. The van der Waals surface area contributed by atoms with Crippen molar-refractivity contribution in [2.75, 3.05) is 31.6 Å². The van der Waals surface area contributed by atoms with Crippen LogP contribution in [0.4, 0.5) is 5.69 Å². The third-order valence-electron chi connectivity index (χ3n) is 3.99. The molecule has 0 saturated carbocycles. The highest BCUT2D eigenvalue weighted by molar-refractivity contribution is 5.93. The van der Waals surface area contributed by atoms with Gasteiger partial charge in [0.1, 0.15) is 17.6 Å². The smallest absolute Gasteiger partial charge is 0.227 e. The molecule has 0 aromatic heterocycles. The van der Waals surface area contributed by atoms with Crippen molar-refractivity contribution in [3.8, 4) is 11.5 Å². The molecular formula is C17H25ClN2O4. The van der Waals surface area contributed by atoms with Gasteiger partial charge in [0.2, 0.25) is 5.91 Å². The number of halogens is 1. The maximum absolute atomic E-state index is 12.3. The zero-order valence-corrected chi connectivity index (χ0v) is 14.9. The molecule has 0 radical (unpaired) electrons. The van der Waals surface area contributed by atoms with E-state index in [0.717, 1.165) is 24.3 Å². The second-order valence-corrected chi connectivity index (χ2v) is 5.97. The zero-order chi connectivity index (χ0) is 16.2. The second kappa shape index (κ2) is 8.55. The Labute approximate surface area is 148 Å². The minimum absolute atomic E-state index is 0. The fourth-order valence-electron chi connectivity index (χ4n) is 2.97. The summed E-state index contributed by atoms with van der Waals surface area (Å²) in [6.45, 7) is 6.70. The van der Waals surface area contributed by atoms with Crippen LogP contribution in [0.1, 0.15) is 25.8 Å². The summed E-state index contributed by atoms with van der Waals surface area (Å²) in [4.78, 5) is 12.3. The maximum atomic E-state index is 12.3. The van der Waals surface area contributed by atoms with E-state index < -0.39 is 0 Å². The Kier molecular flexibility index (Phi) is 6.71. The number of rotatable bonds is 5. The molecule has 6 nitrogen and oxygen atoms in total. The third-order valence-corrected chi connectivity index (χ3v) is 3.99. The number of amides is 1. The standard InChI is InChI=1S/C17H24N2O4.ClH/c1-3-21-16-7-12-6-11(2)23-15(12)9-14(16)19-17(20)8-13-10-18-4-5-22-13;/h7,9,11,13,18H,3-6,8,10H2,1-2H3,(H,19,20);1H. The van der Waals surface area contributed by atoms with Crippen LogP contribution in [0.25, 0.3) is 0 Å². The first kappa shape index (κ1) is 18.8. The molecule has 1 fully saturated rings. The van der Waals surface area contributed by atoms with E-state index in [1.807, 2.05) is 26.0 Å². The lowest BCUT2D eigenvalue weighted by Crippen LogP contribution is -2.40. The van der Waals surface area contributed by atoms with Crippen LogP contribution in [0, 0.1) is 0 Å². The van der Waals surface area contributed by atoms with Crippen LogP contribution in [-0.4, -0.2) is 44.4 Å². The van der Waals surface area contributed by atoms with E-state index in [4.69, 9.17) is 14.2 Å². The zero-order valence-electron chi connectivity index (χ0n) is 14.1. The largest absolute Gasteiger partial charge is 0.492 e. The third kappa shape index (κ3) is 4.53. The van der Waals surface area contributed by atoms with Crippen molar-refractivity contribution in [3.63, 3.8) is 0 Å². The molecule has 1 amide bonds. The van der Waals surface area contributed by atoms with Crippen LogP contribution in [0.15, 0.2) is 12.1 Å². The lowest BCUT2D eigenvalue weighted by molar-refractivity contribution is -0.119. The molecule has 1 aromatic carbocycles. The van der Waals surface area contributed by atoms with E-state index in [0.29, 0.717) is 37.6 Å². The Morgan fingerprint density at radius 2 is 2.29 bits per heavy atom. The number of morpholine rings is 1. The van der Waals surface area contributed by atoms with Crippen molar-refractivity contribution in [2.45, 2.75) is 38.9 Å². The Hall–Kier alpha value is -1.50. The highest BCUT2D eigenvalue weighted by Gasteiger charge is 2.23. The van der Waals surface area contributed by atoms with Gasteiger partial charge >= 0.3 is 0 Å². The van der Waals surface area contributed by atoms with Crippen molar-refractivity contribution in [2.24, 2.45) is 0 Å². The fourth-order valence-corrected chi connectivity index (χ4v) is 2.97. The molecular weight excluding hydrogens is 332 g/mol. The Bertz CT molecular complexity index is 576. The quantitative estimate of drug-likeness (QED) is 0.846. The van der Waals surface area contributed by atoms with Crippen LogP contribution in [0.2, 0.25) is 0 Å². The molecule has 2 aliphatic rings. The summed E-state index contributed by atoms with van der Waals surface area (Å²) >= 11 is 0. The molecule has 2 heterocycles. The summed E-state index contributed by atoms with van der Waals surface area (Å²) in [5, 5.41) is 6.16. The van der Waals surface area contributed by atoms with Gasteiger partial charge in [-0.05, 0) is 19.9 Å². The van der Waals surface area contributed by atoms with E-state index in [2.05, 4.69) is 10.6 Å². The van der Waals surface area contributed by atoms with Crippen molar-refractivity contribution in [3.05, 3.63) is 17.7 Å². The Balaban J connectivity index is 0.00000208. The lowest BCUT2D eigenvalue weighted by atomic mass is 10.1. The van der Waals surface area contributed by atoms with E-state index in [-0.39, 0.29) is 30.5 Å². The molecule has 0 spiro atoms. The van der Waals surface area contributed by atoms with Gasteiger partial charge in [-0.2, -0.15) is 0 Å². The molecule has 0 aliphatic carbocycles. The first-order chi connectivity index (χ1) is 11.2. The topological polar surface area (TPSA) is 68.8 Å². The second-order valence-electron chi connectivity index (χ2n) is 5.97. The van der Waals surface area contributed by atoms with Gasteiger partial charge in [0.05, 0.1) is 31.4 Å². The van der Waals surface area contributed by atoms with Gasteiger partial charge < -0.3 is 24.8 Å². The minimum atomic E-state index is -0.0787. The number of hydrogen-bond donors (Lipinski definition) is 2. The van der Waals surface area contributed by atoms with Gasteiger partial charge in [-0.1, -0.05) is 0 Å². The molecule has 1 saturated heterocycles. The van der Waals surface area contributed by atoms with E-state index in [1.165, 1.54) is 0 Å². The highest BCUT2D eigenvalue weighted by atomic mass is 35.5. The van der Waals surface area contributed by atoms with Crippen molar-refractivity contribution >= 4 is 24.0 Å². The normalized spacial score (nSPS) is 22.1. The van der Waals surface area contributed by atoms with Crippen molar-refractivity contribution in [1.82, 2.24) is 5.32 Å². The number of carbonyl (C=O) groups excluding carboxylic acids is 1. The molecule has 3 rings (SSSR count). The molecule has 24 heavy (non-hydrogen) atoms. The van der Waals surface area contributed by atoms with Crippen molar-refractivity contribution in [1.29, 1.82) is 0 Å². The summed E-state index contributed by atoms with van der Waals surface area (Å²) in [6.07, 6.45) is 1.27. The number of hydrogen-bond acceptors (Lipinski definition) is 5. The number of benzene rings is 1. The summed E-state index contributed by atoms with van der Waals surface area (Å²) in [5.41, 5.74) is 1.78. The molecule has 2 unspecified atom stereocenters. The minimum Gasteiger partial charge on any atom is -0.492 e. The molecule has 2 aliphatic heterocycles. The van der Waals surface area contributed by atoms with Gasteiger partial charge in [0, 0.05) is 31.1 Å². The Morgan fingerprint density at radius 3 is 3.00 bits per heavy atom. The first-order valence-electron chi connectivity index (χ1n) is 8.24. The Morgan fingerprint density at radius 1 is 1.46 bits per heavy atom. The van der Waals surface area contributed by atoms with Gasteiger partial charge in [0.15, 0.2) is 0 Å². The van der Waals surface area contributed by atoms with Gasteiger partial charge in [-0.15, -0.1) is 12.4 Å². The number of nitrogens with one attached hydrogen (secondary N) is 2. The van der Waals surface area contributed by atoms with Crippen LogP contribution in [0.3, 0.4) is 0 Å². The molecule has 0 bridgehead atoms. The van der Waals surface area contributed by atoms with Crippen LogP contribution in [0.5, 0.6) is 11.5 Å². The van der Waals surface area contributed by atoms with Gasteiger partial charge in [0.25, 0.3) is 0 Å². The van der Waals surface area contributed by atoms with E-state index >= 15 is 0 Å². The predicted molar refractivity (Wildman–Crippen MR) is 94.5 cm³/mol. The summed E-state index contributed by atoms with van der Waals surface area (Å²) in [7, 11) is 0. The molecule has 2 N–H and O–H groups in total. The number of fused-ring (bicyclic) bond motifs is 1. The fraction of sp³-hybridized carbons (Fsp3) is 0.588. The molecule has 1 aromatic rings. The SMILES string of the molecule is CCOc1cc2c(cc1NC(=O)CC1CNCCO1)OC(C)C2.Cl.